The average Bonchev–Trinajstić information content (AvgIpc) is 3.25. The molecule has 0 N–H and O–H groups in total. The maximum Gasteiger partial charge on any atom is 0.258 e. The highest BCUT2D eigenvalue weighted by Gasteiger charge is 2.40. The Labute approximate surface area is 150 Å². The third-order valence-corrected chi connectivity index (χ3v) is 5.68. The van der Waals surface area contributed by atoms with Crippen LogP contribution < -0.4 is 0 Å². The Bertz CT molecular complexity index is 899. The molecular weight excluding hydrogens is 336 g/mol. The predicted molar refractivity (Wildman–Crippen MR) is 88.9 cm³/mol. The number of furan rings is 1. The molecule has 1 fully saturated rings. The minimum absolute atomic E-state index is 0.0162. The van der Waals surface area contributed by atoms with Gasteiger partial charge in [-0.3, -0.25) is 9.59 Å². The second kappa shape index (κ2) is 5.77. The molecule has 2 aliphatic heterocycles. The smallest absolute Gasteiger partial charge is 0.258 e. The molecule has 1 aliphatic carbocycles. The maximum absolute atomic E-state index is 13.2. The van der Waals surface area contributed by atoms with Gasteiger partial charge in [-0.1, -0.05) is 5.21 Å². The molecule has 4 heterocycles. The quantitative estimate of drug-likeness (QED) is 0.772. The minimum Gasteiger partial charge on any atom is -0.465 e. The molecule has 0 bridgehead atoms. The molecule has 1 saturated heterocycles. The average molecular weight is 356 g/mol. The molecule has 2 atom stereocenters. The molecule has 1 amide bonds. The number of aromatic nitrogens is 3. The Kier molecular flexibility index (Phi) is 3.49. The lowest BCUT2D eigenvalue weighted by Gasteiger charge is -2.41. The number of nitrogens with zero attached hydrogens (tertiary/aromatic N) is 4. The Balaban J connectivity index is 1.42. The summed E-state index contributed by atoms with van der Waals surface area (Å²) in [5.74, 6) is 1.09. The van der Waals surface area contributed by atoms with Crippen molar-refractivity contribution in [2.75, 3.05) is 13.1 Å². The van der Waals surface area contributed by atoms with E-state index in [2.05, 4.69) is 10.3 Å². The fourth-order valence-corrected chi connectivity index (χ4v) is 4.40. The van der Waals surface area contributed by atoms with E-state index in [-0.39, 0.29) is 23.8 Å². The van der Waals surface area contributed by atoms with Crippen molar-refractivity contribution in [2.24, 2.45) is 0 Å². The van der Waals surface area contributed by atoms with Gasteiger partial charge in [0.1, 0.15) is 11.5 Å². The first-order valence-corrected chi connectivity index (χ1v) is 9.09. The number of amides is 1. The van der Waals surface area contributed by atoms with Crippen LogP contribution in [0.1, 0.15) is 63.2 Å². The molecule has 136 valence electrons. The van der Waals surface area contributed by atoms with E-state index >= 15 is 0 Å². The lowest BCUT2D eigenvalue weighted by molar-refractivity contribution is -0.0628. The van der Waals surface area contributed by atoms with Crippen molar-refractivity contribution in [3.05, 3.63) is 34.5 Å². The van der Waals surface area contributed by atoms with Crippen molar-refractivity contribution in [1.29, 1.82) is 0 Å². The summed E-state index contributed by atoms with van der Waals surface area (Å²) in [7, 11) is 0. The number of fused-ring (bicyclic) bond motifs is 4. The summed E-state index contributed by atoms with van der Waals surface area (Å²) in [6.45, 7) is 3.30. The van der Waals surface area contributed by atoms with Crippen LogP contribution in [0, 0.1) is 6.92 Å². The summed E-state index contributed by atoms with van der Waals surface area (Å²) < 4.78 is 13.6. The van der Waals surface area contributed by atoms with E-state index in [1.807, 2.05) is 4.68 Å². The van der Waals surface area contributed by atoms with E-state index in [9.17, 15) is 9.59 Å². The molecule has 3 aliphatic rings. The lowest BCUT2D eigenvalue weighted by Crippen LogP contribution is -2.50. The summed E-state index contributed by atoms with van der Waals surface area (Å²) in [4.78, 5) is 27.3. The van der Waals surface area contributed by atoms with Crippen molar-refractivity contribution in [3.63, 3.8) is 0 Å². The predicted octanol–water partition coefficient (Wildman–Crippen LogP) is 1.68. The standard InChI is InChI=1S/C18H20N4O4/c1-10-16(17-13(23)3-2-4-14(17)26-10)18(24)21-6-5-12-15(8-21)25-9-11-7-19-20-22(11)12/h7,12,15H,2-6,8-9H2,1H3/t12-,15-/m0/s1. The third-order valence-electron chi connectivity index (χ3n) is 5.68. The molecule has 0 radical (unpaired) electrons. The zero-order valence-corrected chi connectivity index (χ0v) is 14.6. The molecule has 2 aromatic heterocycles. The van der Waals surface area contributed by atoms with Gasteiger partial charge in [0.05, 0.1) is 41.8 Å². The molecule has 0 saturated carbocycles. The second-order valence-corrected chi connectivity index (χ2v) is 7.23. The lowest BCUT2D eigenvalue weighted by atomic mass is 9.92. The third kappa shape index (κ3) is 2.25. The summed E-state index contributed by atoms with van der Waals surface area (Å²) in [6.07, 6.45) is 4.35. The molecule has 5 rings (SSSR count). The SMILES string of the molecule is Cc1oc2c(c1C(=O)N1CC[C@H]3[C@H](C1)OCc1cnnn13)C(=O)CCC2. The molecule has 0 aromatic carbocycles. The molecule has 8 nitrogen and oxygen atoms in total. The maximum atomic E-state index is 13.2. The molecule has 0 spiro atoms. The fourth-order valence-electron chi connectivity index (χ4n) is 4.40. The number of hydrogen-bond acceptors (Lipinski definition) is 6. The van der Waals surface area contributed by atoms with Gasteiger partial charge in [-0.25, -0.2) is 4.68 Å². The Morgan fingerprint density at radius 1 is 1.35 bits per heavy atom. The van der Waals surface area contributed by atoms with E-state index in [0.717, 1.165) is 25.0 Å². The Morgan fingerprint density at radius 3 is 3.12 bits per heavy atom. The molecule has 0 unspecified atom stereocenters. The number of ketones is 1. The van der Waals surface area contributed by atoms with E-state index in [0.29, 0.717) is 48.8 Å². The minimum atomic E-state index is -0.130. The first-order chi connectivity index (χ1) is 12.6. The summed E-state index contributed by atoms with van der Waals surface area (Å²) in [6, 6.07) is 0.103. The molecule has 8 heteroatoms. The number of rotatable bonds is 1. The van der Waals surface area contributed by atoms with Crippen LogP contribution in [-0.2, 0) is 17.8 Å². The molecule has 26 heavy (non-hydrogen) atoms. The Morgan fingerprint density at radius 2 is 2.23 bits per heavy atom. The number of hydrogen-bond donors (Lipinski definition) is 0. The zero-order valence-electron chi connectivity index (χ0n) is 14.6. The summed E-state index contributed by atoms with van der Waals surface area (Å²) >= 11 is 0. The largest absolute Gasteiger partial charge is 0.465 e. The second-order valence-electron chi connectivity index (χ2n) is 7.23. The van der Waals surface area contributed by atoms with Gasteiger partial charge in [0, 0.05) is 25.9 Å². The van der Waals surface area contributed by atoms with Crippen LogP contribution in [-0.4, -0.2) is 50.8 Å². The number of carbonyl (C=O) groups is 2. The van der Waals surface area contributed by atoms with Crippen LogP contribution in [0.3, 0.4) is 0 Å². The number of piperidine rings is 1. The highest BCUT2D eigenvalue weighted by molar-refractivity contribution is 6.10. The fraction of sp³-hybridized carbons (Fsp3) is 0.556. The van der Waals surface area contributed by atoms with Gasteiger partial charge in [0.2, 0.25) is 0 Å². The van der Waals surface area contributed by atoms with E-state index in [1.165, 1.54) is 0 Å². The van der Waals surface area contributed by atoms with Crippen molar-refractivity contribution < 1.29 is 18.7 Å². The van der Waals surface area contributed by atoms with Gasteiger partial charge in [0.15, 0.2) is 5.78 Å². The normalized spacial score (nSPS) is 24.8. The van der Waals surface area contributed by atoms with Gasteiger partial charge in [-0.05, 0) is 19.8 Å². The van der Waals surface area contributed by atoms with Crippen LogP contribution in [0.25, 0.3) is 0 Å². The van der Waals surface area contributed by atoms with Crippen molar-refractivity contribution in [1.82, 2.24) is 19.9 Å². The highest BCUT2D eigenvalue weighted by atomic mass is 16.5. The van der Waals surface area contributed by atoms with Crippen LogP contribution in [0.5, 0.6) is 0 Å². The summed E-state index contributed by atoms with van der Waals surface area (Å²) in [5, 5.41) is 8.13. The number of Topliss-reactive ketones (excluding diaryl/α,β-unsaturated/α-hetero) is 1. The van der Waals surface area contributed by atoms with Gasteiger partial charge in [0.25, 0.3) is 5.91 Å². The van der Waals surface area contributed by atoms with Gasteiger partial charge < -0.3 is 14.1 Å². The number of ether oxygens (including phenoxy) is 1. The number of carbonyl (C=O) groups excluding carboxylic acids is 2. The summed E-state index contributed by atoms with van der Waals surface area (Å²) in [5.41, 5.74) is 1.92. The topological polar surface area (TPSA) is 90.5 Å². The first kappa shape index (κ1) is 15.7. The van der Waals surface area contributed by atoms with E-state index in [4.69, 9.17) is 9.15 Å². The van der Waals surface area contributed by atoms with Crippen molar-refractivity contribution >= 4 is 11.7 Å². The zero-order chi connectivity index (χ0) is 17.8. The van der Waals surface area contributed by atoms with Gasteiger partial charge >= 0.3 is 0 Å². The van der Waals surface area contributed by atoms with Gasteiger partial charge in [-0.2, -0.15) is 0 Å². The van der Waals surface area contributed by atoms with Crippen LogP contribution >= 0.6 is 0 Å². The number of likely N-dealkylation sites (tertiary alicyclic amines) is 1. The molecule has 2 aromatic rings. The number of aryl methyl sites for hydroxylation is 2. The van der Waals surface area contributed by atoms with Gasteiger partial charge in [-0.15, -0.1) is 5.10 Å². The van der Waals surface area contributed by atoms with Crippen molar-refractivity contribution in [2.45, 2.75) is 51.4 Å². The van der Waals surface area contributed by atoms with Crippen LogP contribution in [0.4, 0.5) is 0 Å². The monoisotopic (exact) mass is 356 g/mol. The first-order valence-electron chi connectivity index (χ1n) is 9.09. The van der Waals surface area contributed by atoms with Crippen LogP contribution in [0.15, 0.2) is 10.6 Å². The van der Waals surface area contributed by atoms with Crippen molar-refractivity contribution in [3.8, 4) is 0 Å². The highest BCUT2D eigenvalue weighted by Crippen LogP contribution is 2.34. The molecular formula is C18H20N4O4. The van der Waals surface area contributed by atoms with E-state index in [1.54, 1.807) is 18.0 Å². The Hall–Kier alpha value is -2.48. The van der Waals surface area contributed by atoms with Crippen LogP contribution in [0.2, 0.25) is 0 Å². The van der Waals surface area contributed by atoms with E-state index < -0.39 is 0 Å².